The molecule has 0 saturated heterocycles. The Morgan fingerprint density at radius 1 is 0.941 bits per heavy atom. The predicted molar refractivity (Wildman–Crippen MR) is 112 cm³/mol. The zero-order valence-corrected chi connectivity index (χ0v) is 21.0. The van der Waals surface area contributed by atoms with E-state index in [1.165, 1.54) is 6.92 Å². The summed E-state index contributed by atoms with van der Waals surface area (Å²) in [4.78, 5) is 10.9. The Hall–Kier alpha value is -1.10. The summed E-state index contributed by atoms with van der Waals surface area (Å²) in [5, 5.41) is 0. The van der Waals surface area contributed by atoms with Gasteiger partial charge < -0.3 is 14.2 Å². The maximum absolute atomic E-state index is 13.1. The van der Waals surface area contributed by atoms with E-state index in [0.29, 0.717) is 18.6 Å². The van der Waals surface area contributed by atoms with E-state index in [-0.39, 0.29) is 61.6 Å². The first-order chi connectivity index (χ1) is 14.9. The number of ether oxygens (including phenoxy) is 1. The van der Waals surface area contributed by atoms with E-state index in [0.717, 1.165) is 11.8 Å². The molecule has 186 valence electrons. The molecule has 0 heterocycles. The van der Waals surface area contributed by atoms with Gasteiger partial charge in [0.25, 0.3) is 0 Å². The van der Waals surface area contributed by atoms with E-state index < -0.39 is 35.0 Å². The van der Waals surface area contributed by atoms with E-state index in [1.807, 2.05) is 25.1 Å². The van der Waals surface area contributed by atoms with Gasteiger partial charge in [0.15, 0.2) is 0 Å². The van der Waals surface area contributed by atoms with Crippen molar-refractivity contribution in [1.29, 1.82) is 0 Å². The van der Waals surface area contributed by atoms with Crippen molar-refractivity contribution in [2.45, 2.75) is 58.0 Å². The third kappa shape index (κ3) is 10.3. The fourth-order valence-corrected chi connectivity index (χ4v) is 3.14. The number of benzene rings is 2. The molecule has 0 aliphatic rings. The molecule has 0 radical (unpaired) electrons. The number of carbonyl (C=O) groups is 1. The summed E-state index contributed by atoms with van der Waals surface area (Å²) in [5.74, 6) is 0. The Labute approximate surface area is 222 Å². The molecular weight excluding hydrogens is 497 g/mol. The molecule has 0 amide bonds. The molecule has 2 rings (SSSR count). The minimum atomic E-state index is -4.92. The Morgan fingerprint density at radius 3 is 1.82 bits per heavy atom. The molecule has 2 aromatic rings. The van der Waals surface area contributed by atoms with Crippen LogP contribution in [0.3, 0.4) is 0 Å². The number of hydrogen-bond acceptors (Lipinski definition) is 3. The summed E-state index contributed by atoms with van der Waals surface area (Å²) < 4.78 is 92.0. The summed E-state index contributed by atoms with van der Waals surface area (Å²) in [7, 11) is 0. The Bertz CT molecular complexity index is 830. The summed E-state index contributed by atoms with van der Waals surface area (Å²) in [6.07, 6.45) is -9.44. The maximum atomic E-state index is 13.1. The van der Waals surface area contributed by atoms with Crippen LogP contribution < -0.4 is 34.2 Å². The van der Waals surface area contributed by atoms with Crippen LogP contribution in [0, 0.1) is 0 Å². The topological polar surface area (TPSA) is 49.4 Å². The quantitative estimate of drug-likeness (QED) is 0.300. The van der Waals surface area contributed by atoms with Gasteiger partial charge in [-0.15, -0.1) is 0 Å². The smallest absolute Gasteiger partial charge is 0.769 e. The first-order valence-electron chi connectivity index (χ1n) is 9.42. The van der Waals surface area contributed by atoms with Crippen LogP contribution in [0.25, 0.3) is 0 Å². The third-order valence-corrected chi connectivity index (χ3v) is 5.02. The van der Waals surface area contributed by atoms with Gasteiger partial charge in [-0.05, 0) is 42.7 Å². The Kier molecular flexibility index (Phi) is 15.6. The molecule has 0 N–H and O–H groups in total. The van der Waals surface area contributed by atoms with Gasteiger partial charge in [-0.2, -0.15) is 26.3 Å². The van der Waals surface area contributed by atoms with Gasteiger partial charge in [0.05, 0.1) is 23.8 Å². The van der Waals surface area contributed by atoms with E-state index >= 15 is 0 Å². The predicted octanol–water partition coefficient (Wildman–Crippen LogP) is 3.88. The van der Waals surface area contributed by atoms with E-state index in [4.69, 9.17) is 9.40 Å². The summed E-state index contributed by atoms with van der Waals surface area (Å²) in [5.41, 5.74) is -2.75. The molecular formula is C23H26ClF6NaO3. The van der Waals surface area contributed by atoms with Gasteiger partial charge in [0.1, 0.15) is 6.29 Å². The summed E-state index contributed by atoms with van der Waals surface area (Å²) >= 11 is 3.39. The molecule has 0 saturated carbocycles. The van der Waals surface area contributed by atoms with Crippen LogP contribution in [0.2, 0.25) is 0 Å². The van der Waals surface area contributed by atoms with Crippen molar-refractivity contribution in [3.63, 3.8) is 0 Å². The summed E-state index contributed by atoms with van der Waals surface area (Å²) in [6.45, 7) is 3.26. The van der Waals surface area contributed by atoms with Gasteiger partial charge in [-0.25, -0.2) is 11.9 Å². The molecule has 0 aliphatic carbocycles. The molecule has 3 nitrogen and oxygen atoms in total. The average molecular weight is 523 g/mol. The maximum Gasteiger partial charge on any atom is 1.00 e. The minimum Gasteiger partial charge on any atom is -0.769 e. The monoisotopic (exact) mass is 522 g/mol. The number of carbonyl (C=O) groups excluding carboxylic acids is 1. The van der Waals surface area contributed by atoms with E-state index in [9.17, 15) is 31.1 Å². The fraction of sp³-hybridized carbons (Fsp3) is 0.435. The Balaban J connectivity index is 0. The van der Waals surface area contributed by atoms with Crippen molar-refractivity contribution in [3.8, 4) is 0 Å². The third-order valence-electron chi connectivity index (χ3n) is 5.02. The minimum absolute atomic E-state index is 0. The zero-order chi connectivity index (χ0) is 24.6. The number of halogens is 7. The van der Waals surface area contributed by atoms with Crippen LogP contribution in [0.1, 0.15) is 62.5 Å². The van der Waals surface area contributed by atoms with Gasteiger partial charge >= 0.3 is 41.9 Å². The molecule has 11 heteroatoms. The molecule has 34 heavy (non-hydrogen) atoms. The normalized spacial score (nSPS) is 13.8. The second kappa shape index (κ2) is 15.1. The molecule has 0 aliphatic heterocycles. The van der Waals surface area contributed by atoms with Crippen molar-refractivity contribution < 1.29 is 70.1 Å². The van der Waals surface area contributed by atoms with Crippen molar-refractivity contribution >= 4 is 18.2 Å². The average Bonchev–Trinajstić information content (AvgIpc) is 2.76. The van der Waals surface area contributed by atoms with Crippen LogP contribution in [0.4, 0.5) is 26.3 Å². The molecule has 0 spiro atoms. The van der Waals surface area contributed by atoms with Crippen LogP contribution in [-0.2, 0) is 27.3 Å². The number of aldehydes is 1. The van der Waals surface area contributed by atoms with Crippen molar-refractivity contribution in [1.82, 2.24) is 0 Å². The second-order valence-electron chi connectivity index (χ2n) is 7.42. The van der Waals surface area contributed by atoms with Crippen LogP contribution >= 0.6 is 11.9 Å². The fourth-order valence-electron chi connectivity index (χ4n) is 3.14. The second-order valence-corrected chi connectivity index (χ2v) is 7.42. The molecule has 2 atom stereocenters. The van der Waals surface area contributed by atoms with Crippen LogP contribution in [0.5, 0.6) is 0 Å². The molecule has 0 bridgehead atoms. The molecule has 0 aromatic heterocycles. The number of alkyl halides is 6. The van der Waals surface area contributed by atoms with Gasteiger partial charge in [0, 0.05) is 11.8 Å². The van der Waals surface area contributed by atoms with Gasteiger partial charge in [-0.3, -0.25) is 0 Å². The van der Waals surface area contributed by atoms with Crippen LogP contribution in [-0.4, -0.2) is 12.9 Å². The van der Waals surface area contributed by atoms with E-state index in [1.54, 1.807) is 12.1 Å². The molecule has 0 unspecified atom stereocenters. The SMILES string of the molecule is C.C[C@@H](OC[C@](C)(CCC=O)c1ccccc1)c1cc(C(F)(F)F)cc(C(F)(F)F)c1.[Na+].[O-]Cl. The molecule has 2 aromatic carbocycles. The van der Waals surface area contributed by atoms with Crippen molar-refractivity contribution in [2.75, 3.05) is 6.61 Å². The van der Waals surface area contributed by atoms with Gasteiger partial charge in [-0.1, -0.05) is 44.7 Å². The van der Waals surface area contributed by atoms with E-state index in [2.05, 4.69) is 11.9 Å². The zero-order valence-electron chi connectivity index (χ0n) is 18.3. The number of hydrogen-bond donors (Lipinski definition) is 0. The van der Waals surface area contributed by atoms with Crippen LogP contribution in [0.15, 0.2) is 48.5 Å². The summed E-state index contributed by atoms with van der Waals surface area (Å²) in [6, 6.07) is 10.5. The largest absolute Gasteiger partial charge is 1.00 e. The first kappa shape index (κ1) is 35.1. The van der Waals surface area contributed by atoms with Gasteiger partial charge in [0.2, 0.25) is 0 Å². The Morgan fingerprint density at radius 2 is 1.41 bits per heavy atom. The first-order valence-corrected chi connectivity index (χ1v) is 9.73. The van der Waals surface area contributed by atoms with Crippen molar-refractivity contribution in [2.24, 2.45) is 0 Å². The standard InChI is InChI=1S/C22H22F6O2.CH4.ClO.Na/c1-15(16-11-18(21(23,24)25)13-19(12-16)22(26,27)28)30-14-20(2,9-6-10-29)17-7-4-3-5-8-17;;1-2;/h3-5,7-8,10-13,15H,6,9,14H2,1-2H3;1H4;;/q;;-1;+1/t15-,20+;;;/m1.../s1. The molecule has 0 fully saturated rings. The number of rotatable bonds is 8. The van der Waals surface area contributed by atoms with Crippen molar-refractivity contribution in [3.05, 3.63) is 70.8 Å².